The van der Waals surface area contributed by atoms with Crippen LogP contribution in [0.4, 0.5) is 5.00 Å². The minimum atomic E-state index is -0.498. The molecule has 0 unspecified atom stereocenters. The fourth-order valence-electron chi connectivity index (χ4n) is 3.73. The molecule has 4 rings (SSSR count). The number of carbonyl (C=O) groups excluding carboxylic acids is 2. The van der Waals surface area contributed by atoms with Crippen molar-refractivity contribution in [1.82, 2.24) is 4.57 Å². The molecule has 2 heterocycles. The number of amides is 2. The van der Waals surface area contributed by atoms with Gasteiger partial charge in [-0.2, -0.15) is 0 Å². The van der Waals surface area contributed by atoms with E-state index in [2.05, 4.69) is 12.2 Å². The SMILES string of the molecule is C[C@@H]1CCc2c(sc(NC(=O)CCn3c(=O)sc4ccccc43)c2C(N)=O)C1. The molecule has 0 radical (unpaired) electrons. The van der Waals surface area contributed by atoms with E-state index < -0.39 is 5.91 Å². The molecule has 28 heavy (non-hydrogen) atoms. The van der Waals surface area contributed by atoms with Gasteiger partial charge in [0.15, 0.2) is 0 Å². The van der Waals surface area contributed by atoms with Crippen molar-refractivity contribution in [3.8, 4) is 0 Å². The van der Waals surface area contributed by atoms with Crippen molar-refractivity contribution in [2.75, 3.05) is 5.32 Å². The maximum absolute atomic E-state index is 12.5. The first-order chi connectivity index (χ1) is 13.4. The van der Waals surface area contributed by atoms with Crippen LogP contribution in [0.5, 0.6) is 0 Å². The van der Waals surface area contributed by atoms with Gasteiger partial charge in [-0.1, -0.05) is 30.4 Å². The third-order valence-electron chi connectivity index (χ3n) is 5.15. The van der Waals surface area contributed by atoms with E-state index in [4.69, 9.17) is 5.73 Å². The highest BCUT2D eigenvalue weighted by Crippen LogP contribution is 2.39. The summed E-state index contributed by atoms with van der Waals surface area (Å²) in [7, 11) is 0. The molecule has 0 saturated carbocycles. The lowest BCUT2D eigenvalue weighted by Crippen LogP contribution is -2.21. The molecule has 1 aromatic carbocycles. The lowest BCUT2D eigenvalue weighted by atomic mass is 9.88. The normalized spacial score (nSPS) is 16.1. The Hall–Kier alpha value is -2.45. The molecule has 2 amide bonds. The molecule has 0 saturated heterocycles. The number of aryl methyl sites for hydroxylation is 1. The van der Waals surface area contributed by atoms with Crippen molar-refractivity contribution < 1.29 is 9.59 Å². The number of rotatable bonds is 5. The summed E-state index contributed by atoms with van der Waals surface area (Å²) in [6.07, 6.45) is 2.90. The summed E-state index contributed by atoms with van der Waals surface area (Å²) in [5.74, 6) is -0.159. The van der Waals surface area contributed by atoms with Gasteiger partial charge in [0.05, 0.1) is 15.8 Å². The quantitative estimate of drug-likeness (QED) is 0.669. The Morgan fingerprint density at radius 2 is 2.07 bits per heavy atom. The molecule has 1 atom stereocenters. The zero-order valence-electron chi connectivity index (χ0n) is 15.5. The number of anilines is 1. The van der Waals surface area contributed by atoms with E-state index in [1.54, 1.807) is 4.57 Å². The van der Waals surface area contributed by atoms with Crippen LogP contribution in [-0.2, 0) is 24.2 Å². The first-order valence-corrected chi connectivity index (χ1v) is 10.9. The summed E-state index contributed by atoms with van der Waals surface area (Å²) in [5, 5.41) is 3.40. The van der Waals surface area contributed by atoms with Gasteiger partial charge in [-0.05, 0) is 42.9 Å². The predicted octanol–water partition coefficient (Wildman–Crippen LogP) is 3.38. The molecule has 146 valence electrons. The highest BCUT2D eigenvalue weighted by molar-refractivity contribution is 7.17. The lowest BCUT2D eigenvalue weighted by Gasteiger charge is -2.18. The summed E-state index contributed by atoms with van der Waals surface area (Å²) >= 11 is 2.63. The maximum atomic E-state index is 12.5. The van der Waals surface area contributed by atoms with Crippen LogP contribution in [0.1, 0.15) is 40.6 Å². The van der Waals surface area contributed by atoms with Crippen LogP contribution >= 0.6 is 22.7 Å². The number of primary amides is 1. The number of aromatic nitrogens is 1. The summed E-state index contributed by atoms with van der Waals surface area (Å²) in [6, 6.07) is 7.54. The van der Waals surface area contributed by atoms with E-state index in [0.717, 1.165) is 39.9 Å². The third kappa shape index (κ3) is 3.49. The van der Waals surface area contributed by atoms with Crippen molar-refractivity contribution in [2.45, 2.75) is 39.2 Å². The van der Waals surface area contributed by atoms with E-state index in [1.165, 1.54) is 22.7 Å². The number of thiazole rings is 1. The van der Waals surface area contributed by atoms with Gasteiger partial charge in [0.1, 0.15) is 5.00 Å². The largest absolute Gasteiger partial charge is 0.365 e. The average molecular weight is 416 g/mol. The number of benzene rings is 1. The van der Waals surface area contributed by atoms with Crippen LogP contribution in [0.3, 0.4) is 0 Å². The molecule has 3 aromatic rings. The topological polar surface area (TPSA) is 94.2 Å². The zero-order chi connectivity index (χ0) is 19.8. The van der Waals surface area contributed by atoms with Gasteiger partial charge in [0, 0.05) is 17.8 Å². The number of hydrogen-bond acceptors (Lipinski definition) is 5. The molecule has 1 aliphatic carbocycles. The highest BCUT2D eigenvalue weighted by Gasteiger charge is 2.27. The van der Waals surface area contributed by atoms with Crippen molar-refractivity contribution >= 4 is 49.7 Å². The van der Waals surface area contributed by atoms with Crippen LogP contribution in [0.2, 0.25) is 0 Å². The number of nitrogens with two attached hydrogens (primary N) is 1. The molecule has 8 heteroatoms. The van der Waals surface area contributed by atoms with Gasteiger partial charge < -0.3 is 11.1 Å². The lowest BCUT2D eigenvalue weighted by molar-refractivity contribution is -0.116. The molecular formula is C20H21N3O3S2. The van der Waals surface area contributed by atoms with Crippen LogP contribution in [-0.4, -0.2) is 16.4 Å². The first kappa shape index (κ1) is 18.9. The van der Waals surface area contributed by atoms with Gasteiger partial charge >= 0.3 is 4.87 Å². The molecule has 0 aliphatic heterocycles. The van der Waals surface area contributed by atoms with E-state index in [1.807, 2.05) is 24.3 Å². The Kier molecular flexibility index (Phi) is 5.07. The monoisotopic (exact) mass is 415 g/mol. The Balaban J connectivity index is 1.52. The number of fused-ring (bicyclic) bond motifs is 2. The van der Waals surface area contributed by atoms with Crippen molar-refractivity contribution in [1.29, 1.82) is 0 Å². The molecule has 3 N–H and O–H groups in total. The Morgan fingerprint density at radius 1 is 1.29 bits per heavy atom. The number of nitrogens with zero attached hydrogens (tertiary/aromatic N) is 1. The summed E-state index contributed by atoms with van der Waals surface area (Å²) in [4.78, 5) is 37.8. The smallest absolute Gasteiger partial charge is 0.308 e. The van der Waals surface area contributed by atoms with E-state index in [9.17, 15) is 14.4 Å². The summed E-state index contributed by atoms with van der Waals surface area (Å²) in [6.45, 7) is 2.48. The number of para-hydroxylation sites is 1. The van der Waals surface area contributed by atoms with Gasteiger partial charge in [0.2, 0.25) is 5.91 Å². The molecule has 1 aliphatic rings. The zero-order valence-corrected chi connectivity index (χ0v) is 17.1. The van der Waals surface area contributed by atoms with Crippen LogP contribution in [0, 0.1) is 5.92 Å². The Labute approximate surface area is 170 Å². The van der Waals surface area contributed by atoms with Crippen molar-refractivity contribution in [2.24, 2.45) is 11.7 Å². The second-order valence-electron chi connectivity index (χ2n) is 7.21. The van der Waals surface area contributed by atoms with Crippen LogP contribution in [0.25, 0.3) is 10.2 Å². The van der Waals surface area contributed by atoms with Crippen LogP contribution < -0.4 is 15.9 Å². The van der Waals surface area contributed by atoms with Crippen LogP contribution in [0.15, 0.2) is 29.1 Å². The second kappa shape index (κ2) is 7.52. The van der Waals surface area contributed by atoms with E-state index in [0.29, 0.717) is 23.0 Å². The molecule has 0 fully saturated rings. The number of thiophene rings is 1. The van der Waals surface area contributed by atoms with Gasteiger partial charge in [0.25, 0.3) is 5.91 Å². The molecule has 6 nitrogen and oxygen atoms in total. The molecule has 0 spiro atoms. The number of hydrogen-bond donors (Lipinski definition) is 2. The Morgan fingerprint density at radius 3 is 2.86 bits per heavy atom. The molecular weight excluding hydrogens is 394 g/mol. The summed E-state index contributed by atoms with van der Waals surface area (Å²) in [5.41, 5.74) is 7.88. The minimum absolute atomic E-state index is 0.0765. The van der Waals surface area contributed by atoms with Gasteiger partial charge in [-0.3, -0.25) is 19.0 Å². The third-order valence-corrected chi connectivity index (χ3v) is 7.28. The van der Waals surface area contributed by atoms with E-state index in [-0.39, 0.29) is 17.2 Å². The average Bonchev–Trinajstić information content (AvgIpc) is 3.15. The van der Waals surface area contributed by atoms with Crippen molar-refractivity contribution in [3.05, 3.63) is 49.9 Å². The Bertz CT molecular complexity index is 1130. The van der Waals surface area contributed by atoms with Gasteiger partial charge in [-0.15, -0.1) is 11.3 Å². The van der Waals surface area contributed by atoms with E-state index >= 15 is 0 Å². The highest BCUT2D eigenvalue weighted by atomic mass is 32.1. The second-order valence-corrected chi connectivity index (χ2v) is 9.30. The fourth-order valence-corrected chi connectivity index (χ4v) is 6.08. The molecule has 2 aromatic heterocycles. The maximum Gasteiger partial charge on any atom is 0.308 e. The standard InChI is InChI=1S/C20H21N3O3S2/c1-11-6-7-12-15(10-11)27-19(17(12)18(21)25)22-16(24)8-9-23-13-4-2-3-5-14(13)28-20(23)26/h2-5,11H,6-10H2,1H3,(H2,21,25)(H,22,24)/t11-/m1/s1. The number of nitrogens with one attached hydrogen (secondary N) is 1. The van der Waals surface area contributed by atoms with Gasteiger partial charge in [-0.25, -0.2) is 0 Å². The predicted molar refractivity (Wildman–Crippen MR) is 113 cm³/mol. The molecule has 0 bridgehead atoms. The minimum Gasteiger partial charge on any atom is -0.365 e. The summed E-state index contributed by atoms with van der Waals surface area (Å²) < 4.78 is 2.53. The number of carbonyl (C=O) groups is 2. The first-order valence-electron chi connectivity index (χ1n) is 9.26. The van der Waals surface area contributed by atoms with Crippen molar-refractivity contribution in [3.63, 3.8) is 0 Å². The fraction of sp³-hybridized carbons (Fsp3) is 0.350.